The van der Waals surface area contributed by atoms with Crippen molar-refractivity contribution in [2.75, 3.05) is 13.2 Å². The average Bonchev–Trinajstić information content (AvgIpc) is 2.25. The van der Waals surface area contributed by atoms with E-state index in [9.17, 15) is 0 Å². The number of benzene rings is 1. The molecule has 2 heteroatoms. The van der Waals surface area contributed by atoms with E-state index < -0.39 is 0 Å². The minimum absolute atomic E-state index is 0.780. The largest absolute Gasteiger partial charge is 0.493 e. The highest BCUT2D eigenvalue weighted by molar-refractivity contribution is 5.40. The van der Waals surface area contributed by atoms with Crippen LogP contribution in [0, 0.1) is 20.8 Å². The molecular weight excluding hydrogens is 198 g/mol. The molecule has 0 aliphatic heterocycles. The smallest absolute Gasteiger partial charge is 0.122 e. The summed E-state index contributed by atoms with van der Waals surface area (Å²) < 4.78 is 5.78. The molecule has 0 bridgehead atoms. The molecule has 0 atom stereocenters. The second-order valence-electron chi connectivity index (χ2n) is 4.40. The summed E-state index contributed by atoms with van der Waals surface area (Å²) in [5, 5.41) is 0. The summed E-state index contributed by atoms with van der Waals surface area (Å²) in [4.78, 5) is 0. The highest BCUT2D eigenvalue weighted by Gasteiger charge is 2.02. The van der Waals surface area contributed by atoms with Gasteiger partial charge in [0, 0.05) is 0 Å². The molecule has 0 spiro atoms. The molecule has 0 radical (unpaired) electrons. The number of aryl methyl sites for hydroxylation is 3. The topological polar surface area (TPSA) is 35.2 Å². The molecule has 1 aromatic carbocycles. The molecule has 16 heavy (non-hydrogen) atoms. The zero-order chi connectivity index (χ0) is 12.0. The van der Waals surface area contributed by atoms with Crippen LogP contribution < -0.4 is 10.5 Å². The predicted molar refractivity (Wildman–Crippen MR) is 69.1 cm³/mol. The second kappa shape index (κ2) is 6.54. The minimum atomic E-state index is 0.780. The maximum Gasteiger partial charge on any atom is 0.122 e. The Morgan fingerprint density at radius 3 is 2.31 bits per heavy atom. The van der Waals surface area contributed by atoms with Gasteiger partial charge in [0.2, 0.25) is 0 Å². The third kappa shape index (κ3) is 3.86. The molecule has 0 saturated heterocycles. The van der Waals surface area contributed by atoms with Crippen LogP contribution in [0.15, 0.2) is 12.1 Å². The minimum Gasteiger partial charge on any atom is -0.493 e. The van der Waals surface area contributed by atoms with Crippen molar-refractivity contribution in [2.45, 2.75) is 40.0 Å². The molecule has 0 heterocycles. The number of hydrogen-bond acceptors (Lipinski definition) is 2. The van der Waals surface area contributed by atoms with E-state index in [0.717, 1.165) is 38.2 Å². The highest BCUT2D eigenvalue weighted by atomic mass is 16.5. The normalized spacial score (nSPS) is 10.5. The van der Waals surface area contributed by atoms with E-state index >= 15 is 0 Å². The van der Waals surface area contributed by atoms with E-state index in [-0.39, 0.29) is 0 Å². The molecule has 0 aromatic heterocycles. The van der Waals surface area contributed by atoms with Gasteiger partial charge >= 0.3 is 0 Å². The molecule has 2 N–H and O–H groups in total. The van der Waals surface area contributed by atoms with Crippen molar-refractivity contribution in [1.82, 2.24) is 0 Å². The lowest BCUT2D eigenvalue weighted by Gasteiger charge is -2.11. The van der Waals surface area contributed by atoms with Crippen molar-refractivity contribution in [3.05, 3.63) is 28.8 Å². The van der Waals surface area contributed by atoms with Gasteiger partial charge in [-0.15, -0.1) is 0 Å². The Hall–Kier alpha value is -1.02. The SMILES string of the molecule is Cc1cc(C)c(OCCCCCN)cc1C. The van der Waals surface area contributed by atoms with Gasteiger partial charge in [0.1, 0.15) is 5.75 Å². The number of rotatable bonds is 6. The summed E-state index contributed by atoms with van der Waals surface area (Å²) in [7, 11) is 0. The zero-order valence-electron chi connectivity index (χ0n) is 10.7. The summed E-state index contributed by atoms with van der Waals surface area (Å²) in [5.74, 6) is 1.02. The molecule has 1 aromatic rings. The van der Waals surface area contributed by atoms with Gasteiger partial charge in [0.05, 0.1) is 6.61 Å². The van der Waals surface area contributed by atoms with E-state index in [0.29, 0.717) is 0 Å². The van der Waals surface area contributed by atoms with Crippen molar-refractivity contribution in [1.29, 1.82) is 0 Å². The monoisotopic (exact) mass is 221 g/mol. The van der Waals surface area contributed by atoms with Crippen molar-refractivity contribution in [2.24, 2.45) is 5.73 Å². The molecule has 0 aliphatic carbocycles. The van der Waals surface area contributed by atoms with Gasteiger partial charge in [0.25, 0.3) is 0 Å². The van der Waals surface area contributed by atoms with E-state index in [2.05, 4.69) is 32.9 Å². The second-order valence-corrected chi connectivity index (χ2v) is 4.40. The lowest BCUT2D eigenvalue weighted by atomic mass is 10.1. The summed E-state index contributed by atoms with van der Waals surface area (Å²) in [6.45, 7) is 7.93. The third-order valence-corrected chi connectivity index (χ3v) is 2.90. The van der Waals surface area contributed by atoms with Crippen molar-refractivity contribution in [3.8, 4) is 5.75 Å². The molecule has 2 nitrogen and oxygen atoms in total. The van der Waals surface area contributed by atoms with Crippen LogP contribution in [-0.2, 0) is 0 Å². The number of unbranched alkanes of at least 4 members (excludes halogenated alkanes) is 2. The fourth-order valence-electron chi connectivity index (χ4n) is 1.69. The fraction of sp³-hybridized carbons (Fsp3) is 0.571. The Bertz CT molecular complexity index is 334. The first-order valence-corrected chi connectivity index (χ1v) is 6.06. The number of nitrogens with two attached hydrogens (primary N) is 1. The molecular formula is C14H23NO. The van der Waals surface area contributed by atoms with E-state index in [4.69, 9.17) is 10.5 Å². The quantitative estimate of drug-likeness (QED) is 0.749. The molecule has 90 valence electrons. The Kier molecular flexibility index (Phi) is 5.33. The highest BCUT2D eigenvalue weighted by Crippen LogP contribution is 2.22. The van der Waals surface area contributed by atoms with Gasteiger partial charge in [-0.1, -0.05) is 6.07 Å². The van der Waals surface area contributed by atoms with Crippen LogP contribution in [0.4, 0.5) is 0 Å². The zero-order valence-corrected chi connectivity index (χ0v) is 10.7. The van der Waals surface area contributed by atoms with Crippen LogP contribution in [0.5, 0.6) is 5.75 Å². The Balaban J connectivity index is 2.45. The van der Waals surface area contributed by atoms with Gasteiger partial charge in [-0.3, -0.25) is 0 Å². The molecule has 0 amide bonds. The van der Waals surface area contributed by atoms with Crippen LogP contribution in [0.3, 0.4) is 0 Å². The van der Waals surface area contributed by atoms with E-state index in [1.165, 1.54) is 16.7 Å². The third-order valence-electron chi connectivity index (χ3n) is 2.90. The summed E-state index contributed by atoms with van der Waals surface area (Å²) in [6, 6.07) is 4.32. The van der Waals surface area contributed by atoms with Gasteiger partial charge in [-0.2, -0.15) is 0 Å². The summed E-state index contributed by atoms with van der Waals surface area (Å²) in [6.07, 6.45) is 3.33. The molecule has 0 fully saturated rings. The lowest BCUT2D eigenvalue weighted by molar-refractivity contribution is 0.303. The van der Waals surface area contributed by atoms with Gasteiger partial charge < -0.3 is 10.5 Å². The summed E-state index contributed by atoms with van der Waals surface area (Å²) >= 11 is 0. The molecule has 1 rings (SSSR count). The van der Waals surface area contributed by atoms with Gasteiger partial charge in [0.15, 0.2) is 0 Å². The molecule has 0 aliphatic rings. The first kappa shape index (κ1) is 13.0. The first-order valence-electron chi connectivity index (χ1n) is 6.06. The Morgan fingerprint density at radius 1 is 0.938 bits per heavy atom. The maximum absolute atomic E-state index is 5.78. The van der Waals surface area contributed by atoms with Crippen LogP contribution in [0.1, 0.15) is 36.0 Å². The van der Waals surface area contributed by atoms with E-state index in [1.54, 1.807) is 0 Å². The Morgan fingerprint density at radius 2 is 1.62 bits per heavy atom. The Labute approximate surface area is 98.8 Å². The average molecular weight is 221 g/mol. The molecule has 0 saturated carbocycles. The standard InChI is InChI=1S/C14H23NO/c1-11-9-13(3)14(10-12(11)2)16-8-6-4-5-7-15/h9-10H,4-8,15H2,1-3H3. The van der Waals surface area contributed by atoms with Crippen LogP contribution in [0.25, 0.3) is 0 Å². The van der Waals surface area contributed by atoms with Gasteiger partial charge in [-0.05, 0) is 69.3 Å². The maximum atomic E-state index is 5.78. The van der Waals surface area contributed by atoms with E-state index in [1.807, 2.05) is 0 Å². The fourth-order valence-corrected chi connectivity index (χ4v) is 1.69. The summed E-state index contributed by atoms with van der Waals surface area (Å²) in [5.41, 5.74) is 9.29. The van der Waals surface area contributed by atoms with Crippen LogP contribution >= 0.6 is 0 Å². The van der Waals surface area contributed by atoms with Crippen LogP contribution in [0.2, 0.25) is 0 Å². The number of ether oxygens (including phenoxy) is 1. The number of hydrogen-bond donors (Lipinski definition) is 1. The first-order chi connectivity index (χ1) is 7.65. The lowest BCUT2D eigenvalue weighted by Crippen LogP contribution is -2.02. The van der Waals surface area contributed by atoms with Crippen molar-refractivity contribution < 1.29 is 4.74 Å². The predicted octanol–water partition coefficient (Wildman–Crippen LogP) is 3.12. The van der Waals surface area contributed by atoms with Gasteiger partial charge in [-0.25, -0.2) is 0 Å². The molecule has 0 unspecified atom stereocenters. The van der Waals surface area contributed by atoms with Crippen LogP contribution in [-0.4, -0.2) is 13.2 Å². The van der Waals surface area contributed by atoms with Crippen molar-refractivity contribution in [3.63, 3.8) is 0 Å². The van der Waals surface area contributed by atoms with Crippen molar-refractivity contribution >= 4 is 0 Å².